The van der Waals surface area contributed by atoms with E-state index in [2.05, 4.69) is 52.5 Å². The summed E-state index contributed by atoms with van der Waals surface area (Å²) in [5, 5.41) is 0.0619. The molecule has 0 aliphatic rings. The number of nitrogens with two attached hydrogens (primary N) is 1. The smallest absolute Gasteiger partial charge is 0.263 e. The fraction of sp³-hybridized carbons (Fsp3) is 0. The zero-order valence-electron chi connectivity index (χ0n) is 10.2. The quantitative estimate of drug-likeness (QED) is 0.561. The SMILES string of the molecule is Nc1ccc(S(=O)(=O)Nc2c(Br)cc(Br)cc2Br)c(Cl)c1. The van der Waals surface area contributed by atoms with E-state index >= 15 is 0 Å². The van der Waals surface area contributed by atoms with Gasteiger partial charge in [-0.1, -0.05) is 27.5 Å². The van der Waals surface area contributed by atoms with Crippen molar-refractivity contribution in [2.75, 3.05) is 10.5 Å². The summed E-state index contributed by atoms with van der Waals surface area (Å²) in [6, 6.07) is 7.69. The van der Waals surface area contributed by atoms with Crippen molar-refractivity contribution in [2.45, 2.75) is 4.90 Å². The molecule has 0 bridgehead atoms. The molecule has 0 spiro atoms. The zero-order valence-corrected chi connectivity index (χ0v) is 16.5. The predicted molar refractivity (Wildman–Crippen MR) is 96.2 cm³/mol. The standard InChI is InChI=1S/C12H8Br3ClN2O2S/c13-6-3-8(14)12(9(15)4-6)18-21(19,20)11-2-1-7(17)5-10(11)16/h1-5,18H,17H2. The minimum Gasteiger partial charge on any atom is -0.399 e. The van der Waals surface area contributed by atoms with Gasteiger partial charge in [-0.3, -0.25) is 4.72 Å². The molecule has 0 saturated heterocycles. The van der Waals surface area contributed by atoms with Gasteiger partial charge in [-0.05, 0) is 62.2 Å². The molecule has 21 heavy (non-hydrogen) atoms. The summed E-state index contributed by atoms with van der Waals surface area (Å²) >= 11 is 15.9. The minimum absolute atomic E-state index is 0.0416. The Morgan fingerprint density at radius 1 is 1.05 bits per heavy atom. The molecule has 3 N–H and O–H groups in total. The number of benzene rings is 2. The van der Waals surface area contributed by atoms with E-state index in [1.165, 1.54) is 18.2 Å². The average Bonchev–Trinajstić information content (AvgIpc) is 2.33. The molecule has 0 aliphatic carbocycles. The summed E-state index contributed by atoms with van der Waals surface area (Å²) in [5.41, 5.74) is 6.34. The average molecular weight is 519 g/mol. The lowest BCUT2D eigenvalue weighted by atomic mass is 10.3. The van der Waals surface area contributed by atoms with E-state index in [-0.39, 0.29) is 9.92 Å². The molecule has 0 heterocycles. The molecular weight excluding hydrogens is 511 g/mol. The second-order valence-electron chi connectivity index (χ2n) is 4.04. The summed E-state index contributed by atoms with van der Waals surface area (Å²) in [6.07, 6.45) is 0. The number of nitrogen functional groups attached to an aromatic ring is 1. The Labute approximate surface area is 152 Å². The Bertz CT molecular complexity index is 789. The van der Waals surface area contributed by atoms with E-state index in [1.807, 2.05) is 0 Å². The van der Waals surface area contributed by atoms with Crippen LogP contribution in [0.4, 0.5) is 11.4 Å². The lowest BCUT2D eigenvalue weighted by molar-refractivity contribution is 0.601. The highest BCUT2D eigenvalue weighted by molar-refractivity contribution is 9.11. The first-order valence-corrected chi connectivity index (χ1v) is 9.67. The first-order chi connectivity index (χ1) is 9.70. The van der Waals surface area contributed by atoms with Crippen LogP contribution in [-0.4, -0.2) is 8.42 Å². The molecule has 0 atom stereocenters. The number of halogens is 4. The molecule has 0 fully saturated rings. The van der Waals surface area contributed by atoms with Crippen molar-refractivity contribution < 1.29 is 8.42 Å². The van der Waals surface area contributed by atoms with E-state index in [4.69, 9.17) is 17.3 Å². The highest BCUT2D eigenvalue weighted by Gasteiger charge is 2.20. The molecule has 0 aromatic heterocycles. The minimum atomic E-state index is -3.83. The van der Waals surface area contributed by atoms with Crippen molar-refractivity contribution in [1.29, 1.82) is 0 Å². The maximum absolute atomic E-state index is 12.4. The Kier molecular flexibility index (Phi) is 5.25. The van der Waals surface area contributed by atoms with Gasteiger partial charge in [-0.15, -0.1) is 0 Å². The lowest BCUT2D eigenvalue weighted by Gasteiger charge is -2.13. The van der Waals surface area contributed by atoms with Crippen molar-refractivity contribution in [3.05, 3.63) is 48.8 Å². The lowest BCUT2D eigenvalue weighted by Crippen LogP contribution is -2.14. The van der Waals surface area contributed by atoms with Gasteiger partial charge in [-0.2, -0.15) is 0 Å². The number of hydrogen-bond donors (Lipinski definition) is 2. The summed E-state index contributed by atoms with van der Waals surface area (Å²) in [6.45, 7) is 0. The molecule has 0 saturated carbocycles. The summed E-state index contributed by atoms with van der Waals surface area (Å²) in [7, 11) is -3.83. The first-order valence-electron chi connectivity index (χ1n) is 5.43. The van der Waals surface area contributed by atoms with Crippen LogP contribution in [0.25, 0.3) is 0 Å². The summed E-state index contributed by atoms with van der Waals surface area (Å²) in [5.74, 6) is 0. The second-order valence-corrected chi connectivity index (χ2v) is 8.72. The number of sulfonamides is 1. The van der Waals surface area contributed by atoms with Crippen molar-refractivity contribution >= 4 is 80.8 Å². The zero-order chi connectivity index (χ0) is 15.8. The fourth-order valence-electron chi connectivity index (χ4n) is 1.56. The Morgan fingerprint density at radius 2 is 1.62 bits per heavy atom. The van der Waals surface area contributed by atoms with Gasteiger partial charge < -0.3 is 5.73 Å². The van der Waals surface area contributed by atoms with Crippen LogP contribution in [0.3, 0.4) is 0 Å². The van der Waals surface area contributed by atoms with Gasteiger partial charge in [0, 0.05) is 19.1 Å². The fourth-order valence-corrected chi connectivity index (χ4v) is 5.94. The van der Waals surface area contributed by atoms with E-state index in [1.54, 1.807) is 12.1 Å². The molecular formula is C12H8Br3ClN2O2S. The number of anilines is 2. The Hall–Kier alpha value is -0.280. The molecule has 112 valence electrons. The molecule has 0 aliphatic heterocycles. The van der Waals surface area contributed by atoms with Crippen LogP contribution in [0, 0.1) is 0 Å². The number of hydrogen-bond acceptors (Lipinski definition) is 3. The largest absolute Gasteiger partial charge is 0.399 e. The first kappa shape index (κ1) is 17.1. The van der Waals surface area contributed by atoms with Crippen LogP contribution in [0.5, 0.6) is 0 Å². The van der Waals surface area contributed by atoms with Gasteiger partial charge in [0.25, 0.3) is 10.0 Å². The van der Waals surface area contributed by atoms with Crippen LogP contribution in [-0.2, 0) is 10.0 Å². The van der Waals surface area contributed by atoms with Crippen molar-refractivity contribution in [3.8, 4) is 0 Å². The maximum atomic E-state index is 12.4. The highest BCUT2D eigenvalue weighted by atomic mass is 79.9. The number of nitrogens with one attached hydrogen (secondary N) is 1. The van der Waals surface area contributed by atoms with Crippen LogP contribution < -0.4 is 10.5 Å². The monoisotopic (exact) mass is 516 g/mol. The summed E-state index contributed by atoms with van der Waals surface area (Å²) < 4.78 is 29.3. The van der Waals surface area contributed by atoms with E-state index < -0.39 is 10.0 Å². The topological polar surface area (TPSA) is 72.2 Å². The van der Waals surface area contributed by atoms with Crippen LogP contribution in [0.2, 0.25) is 5.02 Å². The Balaban J connectivity index is 2.47. The van der Waals surface area contributed by atoms with Crippen molar-refractivity contribution in [1.82, 2.24) is 0 Å². The summed E-state index contributed by atoms with van der Waals surface area (Å²) in [4.78, 5) is -0.0416. The van der Waals surface area contributed by atoms with Crippen molar-refractivity contribution in [3.63, 3.8) is 0 Å². The highest BCUT2D eigenvalue weighted by Crippen LogP contribution is 2.36. The van der Waals surface area contributed by atoms with E-state index in [0.717, 1.165) is 4.47 Å². The third kappa shape index (κ3) is 3.92. The van der Waals surface area contributed by atoms with E-state index in [9.17, 15) is 8.42 Å². The molecule has 0 radical (unpaired) electrons. The predicted octanol–water partition coefficient (Wildman–Crippen LogP) is 5.01. The molecule has 2 rings (SSSR count). The molecule has 0 amide bonds. The van der Waals surface area contributed by atoms with Gasteiger partial charge in [0.05, 0.1) is 10.7 Å². The van der Waals surface area contributed by atoms with Gasteiger partial charge in [0.1, 0.15) is 4.90 Å². The van der Waals surface area contributed by atoms with Crippen LogP contribution in [0.1, 0.15) is 0 Å². The molecule has 9 heteroatoms. The van der Waals surface area contributed by atoms with E-state index in [0.29, 0.717) is 20.3 Å². The van der Waals surface area contributed by atoms with Crippen LogP contribution >= 0.6 is 59.4 Å². The molecule has 4 nitrogen and oxygen atoms in total. The third-order valence-electron chi connectivity index (χ3n) is 2.49. The van der Waals surface area contributed by atoms with Gasteiger partial charge in [0.15, 0.2) is 0 Å². The molecule has 2 aromatic carbocycles. The van der Waals surface area contributed by atoms with Gasteiger partial charge in [0.2, 0.25) is 0 Å². The molecule has 2 aromatic rings. The number of rotatable bonds is 3. The second kappa shape index (κ2) is 6.45. The van der Waals surface area contributed by atoms with Gasteiger partial charge >= 0.3 is 0 Å². The van der Waals surface area contributed by atoms with Gasteiger partial charge in [-0.25, -0.2) is 8.42 Å². The van der Waals surface area contributed by atoms with Crippen LogP contribution in [0.15, 0.2) is 48.6 Å². The maximum Gasteiger partial charge on any atom is 0.263 e. The third-order valence-corrected chi connectivity index (χ3v) is 6.03. The molecule has 0 unspecified atom stereocenters. The van der Waals surface area contributed by atoms with Crippen molar-refractivity contribution in [2.24, 2.45) is 0 Å². The Morgan fingerprint density at radius 3 is 2.14 bits per heavy atom. The normalized spacial score (nSPS) is 11.4.